The van der Waals surface area contributed by atoms with E-state index in [0.717, 1.165) is 127 Å². The first-order chi connectivity index (χ1) is 57.1. The number of thioether (sulfide) groups is 1. The molecule has 8 aromatic carbocycles. The molecule has 6 N–H and O–H groups in total. The van der Waals surface area contributed by atoms with Gasteiger partial charge in [-0.1, -0.05) is 48.5 Å². The first-order valence-electron chi connectivity index (χ1n) is 38.4. The van der Waals surface area contributed by atoms with Crippen molar-refractivity contribution in [2.75, 3.05) is 44.8 Å². The van der Waals surface area contributed by atoms with E-state index in [1.807, 2.05) is 191 Å². The van der Waals surface area contributed by atoms with Crippen LogP contribution >= 0.6 is 11.8 Å². The van der Waals surface area contributed by atoms with E-state index in [2.05, 4.69) is 68.5 Å². The summed E-state index contributed by atoms with van der Waals surface area (Å²) in [4.78, 5) is 73.3. The third-order valence-corrected chi connectivity index (χ3v) is 23.1. The van der Waals surface area contributed by atoms with Gasteiger partial charge >= 0.3 is 42.7 Å². The molecule has 0 bridgehead atoms. The summed E-state index contributed by atoms with van der Waals surface area (Å²) < 4.78 is 58.8. The van der Waals surface area contributed by atoms with Crippen LogP contribution in [-0.4, -0.2) is 122 Å². The van der Waals surface area contributed by atoms with Crippen molar-refractivity contribution >= 4 is 79.9 Å². The van der Waals surface area contributed by atoms with Crippen molar-refractivity contribution in [1.29, 1.82) is 10.5 Å². The number of aromatic nitrogens is 4. The van der Waals surface area contributed by atoms with E-state index in [1.165, 1.54) is 4.90 Å². The van der Waals surface area contributed by atoms with Crippen molar-refractivity contribution in [2.24, 2.45) is 11.5 Å². The molecule has 0 fully saturated rings. The number of carboxylic acid groups (broad SMARTS) is 1. The number of benzene rings is 8. The quantitative estimate of drug-likeness (QED) is 0.0170. The van der Waals surface area contributed by atoms with Crippen molar-refractivity contribution in [2.45, 2.75) is 119 Å². The Morgan fingerprint density at radius 3 is 0.868 bits per heavy atom. The topological polar surface area (TPSA) is 351 Å². The molecule has 12 rings (SSSR count). The Morgan fingerprint density at radius 2 is 0.645 bits per heavy atom. The summed E-state index contributed by atoms with van der Waals surface area (Å²) in [6.45, 7) is 14.3. The average molecular weight is 1700 g/mol. The van der Waals surface area contributed by atoms with Gasteiger partial charge < -0.3 is 54.5 Å². The summed E-state index contributed by atoms with van der Waals surface area (Å²) >= 11 is 1.71. The molecule has 0 aliphatic heterocycles. The molecular weight excluding hydrogens is 1600 g/mol. The number of rotatable bonds is 29. The van der Waals surface area contributed by atoms with Gasteiger partial charge in [0.2, 0.25) is 11.8 Å². The summed E-state index contributed by atoms with van der Waals surface area (Å²) in [5.74, 6) is -2.50. The van der Waals surface area contributed by atoms with Crippen LogP contribution in [0.15, 0.2) is 238 Å². The van der Waals surface area contributed by atoms with Gasteiger partial charge in [0.1, 0.15) is 0 Å². The van der Waals surface area contributed by atoms with Crippen LogP contribution in [0, 0.1) is 50.4 Å². The number of nitriles is 2. The SMILES string of the molecule is CCOC(=O)CCc1ccc(-c2ccc(S(C)=O)cc2)n1-c1ccc(C#N)cc1C.CCOC(=O)CCc1ccc(-c2ccc(S(C)=O)cc2)n1-c1ccc(C(N)=O)cc1C.CCOC(=O)CCc1ccc(-c2ccc(SC)cc2)n1-c1ccc(C#N)cc1C.Cc1cc(C(N)=O)ccc1-n1c(CCC(=O)O)ccc1-c1ccc(S(C)=O)cc1.[Li+].[OH-]. The minimum atomic E-state index is -1.06. The van der Waals surface area contributed by atoms with Crippen LogP contribution in [0.1, 0.15) is 123 Å². The summed E-state index contributed by atoms with van der Waals surface area (Å²) in [6, 6.07) is 73.3. The number of ether oxygens (including phenoxy) is 3. The Balaban J connectivity index is 0.000000221. The standard InChI is InChI=1S/C24H26N2O4S.C24H24N2O3S.C24H24N2O2S.C22H22N2O4S.Li.H2O/c1-4-30-23(27)14-9-19-8-13-22(17-5-10-20(11-6-17)31(3)29)26(19)21-12-7-18(24(25)28)15-16(21)2;1-4-29-24(27)14-9-20-8-13-23(19-6-10-21(11-7-19)30(3)28)26(20)22-12-5-18(16-25)15-17(22)2;1-4-28-24(27)14-9-20-8-13-23(19-6-10-21(29-3)11-7-19)26(20)22-12-5-18(16-25)15-17(22)2;1-14-13-16(22(23)27)5-10-19(14)24-17(7-12-21(25)26)6-11-20(24)15-3-8-18(9-4-15)29(2)28;;/h5-8,10-13,15H,4,9,14H2,1-3H3,(H2,25,28);5-8,10-13,15H,4,9,14H2,1-3H3;5-8,10-13,15H,4,9,14H2,1-3H3;3-6,8-11,13H,7,12H2,1-2H3,(H2,23,27)(H,25,26);;1H2/q;;;;+1;/p-1. The number of carbonyl (C=O) groups is 6. The van der Waals surface area contributed by atoms with Crippen LogP contribution in [-0.2, 0) is 91.5 Å². The zero-order valence-electron chi connectivity index (χ0n) is 69.8. The normalized spacial score (nSPS) is 11.3. The average Bonchev–Trinajstić information content (AvgIpc) is 1.68. The molecular formula is C94H97LiN8O14S4. The summed E-state index contributed by atoms with van der Waals surface area (Å²) in [5, 5.41) is 27.5. The van der Waals surface area contributed by atoms with E-state index in [9.17, 15) is 51.9 Å². The predicted octanol–water partition coefficient (Wildman–Crippen LogP) is 14.0. The van der Waals surface area contributed by atoms with Crippen LogP contribution in [0.2, 0.25) is 0 Å². The van der Waals surface area contributed by atoms with E-state index >= 15 is 0 Å². The zero-order valence-corrected chi connectivity index (χ0v) is 73.1. The van der Waals surface area contributed by atoms with E-state index in [4.69, 9.17) is 30.8 Å². The molecule has 121 heavy (non-hydrogen) atoms. The minimum absolute atomic E-state index is 0. The van der Waals surface area contributed by atoms with E-state index < -0.39 is 50.2 Å². The summed E-state index contributed by atoms with van der Waals surface area (Å²) in [7, 11) is -3.15. The molecule has 12 aromatic rings. The van der Waals surface area contributed by atoms with Crippen molar-refractivity contribution < 1.29 is 85.0 Å². The maximum atomic E-state index is 11.9. The van der Waals surface area contributed by atoms with Gasteiger partial charge in [-0.15, -0.1) is 11.8 Å². The Kier molecular flexibility index (Phi) is 36.6. The number of hydrogen-bond donors (Lipinski definition) is 3. The maximum Gasteiger partial charge on any atom is 1.00 e. The van der Waals surface area contributed by atoms with Crippen LogP contribution in [0.3, 0.4) is 0 Å². The summed E-state index contributed by atoms with van der Waals surface area (Å²) in [5.41, 5.74) is 31.9. The molecule has 3 atom stereocenters. The van der Waals surface area contributed by atoms with Crippen molar-refractivity contribution in [3.05, 3.63) is 286 Å². The zero-order chi connectivity index (χ0) is 86.1. The smallest absolute Gasteiger partial charge is 0.870 e. The third-order valence-electron chi connectivity index (χ3n) is 19.5. The Labute approximate surface area is 729 Å². The molecule has 622 valence electrons. The van der Waals surface area contributed by atoms with Gasteiger partial charge in [-0.3, -0.25) is 41.4 Å². The number of nitrogens with two attached hydrogens (primary N) is 2. The van der Waals surface area contributed by atoms with Crippen LogP contribution in [0.25, 0.3) is 67.8 Å². The molecule has 4 aromatic heterocycles. The Bertz CT molecular complexity index is 5840. The van der Waals surface area contributed by atoms with Crippen molar-refractivity contribution in [1.82, 2.24) is 18.3 Å². The monoisotopic (exact) mass is 1700 g/mol. The molecule has 2 amide bonds. The maximum absolute atomic E-state index is 11.9. The number of hydrogen-bond acceptors (Lipinski definition) is 16. The van der Waals surface area contributed by atoms with Crippen LogP contribution in [0.5, 0.6) is 0 Å². The largest absolute Gasteiger partial charge is 1.00 e. The van der Waals surface area contributed by atoms with Gasteiger partial charge in [-0.25, -0.2) is 0 Å². The first kappa shape index (κ1) is 96.2. The second-order valence-electron chi connectivity index (χ2n) is 27.6. The van der Waals surface area contributed by atoms with Gasteiger partial charge in [0.05, 0.1) is 91.5 Å². The molecule has 4 heterocycles. The van der Waals surface area contributed by atoms with Gasteiger partial charge in [-0.05, 0) is 295 Å². The fraction of sp³-hybridized carbons (Fsp3) is 0.234. The second kappa shape index (κ2) is 46.0. The first-order valence-corrected chi connectivity index (χ1v) is 44.3. The molecule has 27 heteroatoms. The predicted molar refractivity (Wildman–Crippen MR) is 472 cm³/mol. The van der Waals surface area contributed by atoms with Gasteiger partial charge in [-0.2, -0.15) is 10.5 Å². The molecule has 22 nitrogen and oxygen atoms in total. The van der Waals surface area contributed by atoms with E-state index in [1.54, 1.807) is 74.7 Å². The fourth-order valence-corrected chi connectivity index (χ4v) is 15.6. The van der Waals surface area contributed by atoms with Crippen LogP contribution in [0.4, 0.5) is 0 Å². The van der Waals surface area contributed by atoms with Crippen molar-refractivity contribution in [3.8, 4) is 79.9 Å². The number of esters is 3. The number of nitrogens with zero attached hydrogens (tertiary/aromatic N) is 6. The number of aliphatic carboxylic acids is 1. The van der Waals surface area contributed by atoms with Gasteiger partial charge in [0.25, 0.3) is 0 Å². The molecule has 3 unspecified atom stereocenters. The molecule has 0 aliphatic carbocycles. The Morgan fingerprint density at radius 1 is 0.388 bits per heavy atom. The number of amides is 2. The van der Waals surface area contributed by atoms with Crippen LogP contribution < -0.4 is 30.3 Å². The fourth-order valence-electron chi connectivity index (χ4n) is 13.6. The Hall–Kier alpha value is -12.0. The van der Waals surface area contributed by atoms with Gasteiger partial charge in [0, 0.05) is 127 Å². The molecule has 0 radical (unpaired) electrons. The number of aryl methyl sites for hydroxylation is 8. The van der Waals surface area contributed by atoms with E-state index in [-0.39, 0.29) is 55.1 Å². The number of carbonyl (C=O) groups excluding carboxylic acids is 5. The van der Waals surface area contributed by atoms with Gasteiger partial charge in [0.15, 0.2) is 0 Å². The molecule has 0 aliphatic rings. The summed E-state index contributed by atoms with van der Waals surface area (Å²) in [6.07, 6.45) is 9.89. The molecule has 0 saturated carbocycles. The minimum Gasteiger partial charge on any atom is -0.870 e. The molecule has 0 saturated heterocycles. The second-order valence-corrected chi connectivity index (χ2v) is 32.6. The molecule has 0 spiro atoms. The van der Waals surface area contributed by atoms with Crippen molar-refractivity contribution in [3.63, 3.8) is 0 Å². The number of primary amides is 2. The van der Waals surface area contributed by atoms with E-state index in [0.29, 0.717) is 80.6 Å². The third kappa shape index (κ3) is 25.3. The number of carboxylic acids is 1.